The van der Waals surface area contributed by atoms with Crippen LogP contribution in [0, 0.1) is 5.41 Å². The number of H-pyrrole nitrogens is 1. The molecule has 1 fully saturated rings. The van der Waals surface area contributed by atoms with E-state index in [9.17, 15) is 14.7 Å². The summed E-state index contributed by atoms with van der Waals surface area (Å²) in [7, 11) is 0. The quantitative estimate of drug-likeness (QED) is 0.422. The number of carbonyl (C=O) groups is 2. The van der Waals surface area contributed by atoms with Crippen LogP contribution in [0.3, 0.4) is 0 Å². The second-order valence-electron chi connectivity index (χ2n) is 9.44. The minimum Gasteiger partial charge on any atom is -0.481 e. The first kappa shape index (κ1) is 24.6. The summed E-state index contributed by atoms with van der Waals surface area (Å²) in [5.74, 6) is -0.171. The number of carbonyl (C=O) groups excluding carboxylic acids is 1. The summed E-state index contributed by atoms with van der Waals surface area (Å²) in [5, 5.41) is 24.2. The van der Waals surface area contributed by atoms with Gasteiger partial charge in [0.25, 0.3) is 0 Å². The summed E-state index contributed by atoms with van der Waals surface area (Å²) in [4.78, 5) is 27.0. The standard InChI is InChI=1S/C27H33N5O3/c1-2-18-32(24(33)14-17-27(26(34)35)15-6-3-7-16-27)19-20-10-12-21(13-11-20)22-8-4-5-9-23(22)25-28-30-31-29-25/h4-5,8-13H,2-3,6-7,14-19H2,1H3,(H,34,35)(H,28,29,30,31). The van der Waals surface area contributed by atoms with Gasteiger partial charge in [-0.05, 0) is 47.6 Å². The van der Waals surface area contributed by atoms with Crippen LogP contribution in [0.25, 0.3) is 22.5 Å². The molecule has 184 valence electrons. The molecular weight excluding hydrogens is 442 g/mol. The van der Waals surface area contributed by atoms with Crippen molar-refractivity contribution >= 4 is 11.9 Å². The Hall–Kier alpha value is -3.55. The second-order valence-corrected chi connectivity index (χ2v) is 9.44. The Labute approximate surface area is 205 Å². The molecule has 0 atom stereocenters. The molecule has 35 heavy (non-hydrogen) atoms. The summed E-state index contributed by atoms with van der Waals surface area (Å²) >= 11 is 0. The Balaban J connectivity index is 1.44. The third-order valence-corrected chi connectivity index (χ3v) is 7.08. The van der Waals surface area contributed by atoms with E-state index in [1.165, 1.54) is 0 Å². The van der Waals surface area contributed by atoms with E-state index in [4.69, 9.17) is 0 Å². The molecule has 8 heteroatoms. The van der Waals surface area contributed by atoms with Gasteiger partial charge in [0.15, 0.2) is 0 Å². The van der Waals surface area contributed by atoms with Crippen LogP contribution in [0.4, 0.5) is 0 Å². The van der Waals surface area contributed by atoms with Gasteiger partial charge in [-0.2, -0.15) is 5.21 Å². The molecule has 1 saturated carbocycles. The molecule has 0 spiro atoms. The normalized spacial score (nSPS) is 15.0. The average Bonchev–Trinajstić information content (AvgIpc) is 3.43. The Kier molecular flexibility index (Phi) is 7.90. The minimum absolute atomic E-state index is 0.0320. The fourth-order valence-electron chi connectivity index (χ4n) is 5.08. The van der Waals surface area contributed by atoms with Crippen molar-refractivity contribution in [3.8, 4) is 22.5 Å². The van der Waals surface area contributed by atoms with Crippen molar-refractivity contribution in [1.82, 2.24) is 25.5 Å². The van der Waals surface area contributed by atoms with Crippen molar-refractivity contribution in [3.05, 3.63) is 54.1 Å². The van der Waals surface area contributed by atoms with Crippen molar-refractivity contribution < 1.29 is 14.7 Å². The molecular formula is C27H33N5O3. The smallest absolute Gasteiger partial charge is 0.309 e. The number of carboxylic acid groups (broad SMARTS) is 1. The monoisotopic (exact) mass is 475 g/mol. The molecule has 4 rings (SSSR count). The van der Waals surface area contributed by atoms with E-state index in [2.05, 4.69) is 27.5 Å². The van der Waals surface area contributed by atoms with Crippen LogP contribution in [-0.4, -0.2) is 49.1 Å². The molecule has 1 aliphatic carbocycles. The number of nitrogens with one attached hydrogen (secondary N) is 1. The van der Waals surface area contributed by atoms with Crippen LogP contribution >= 0.6 is 0 Å². The maximum absolute atomic E-state index is 13.1. The molecule has 8 nitrogen and oxygen atoms in total. The first-order chi connectivity index (χ1) is 17.0. The Morgan fingerprint density at radius 3 is 2.37 bits per heavy atom. The number of carboxylic acids is 1. The molecule has 3 aromatic rings. The summed E-state index contributed by atoms with van der Waals surface area (Å²) in [6.45, 7) is 3.22. The van der Waals surface area contributed by atoms with E-state index in [1.807, 2.05) is 53.4 Å². The van der Waals surface area contributed by atoms with Gasteiger partial charge in [0, 0.05) is 25.1 Å². The van der Waals surface area contributed by atoms with Gasteiger partial charge in [-0.1, -0.05) is 74.7 Å². The minimum atomic E-state index is -0.747. The third kappa shape index (κ3) is 5.75. The van der Waals surface area contributed by atoms with Crippen molar-refractivity contribution in [2.75, 3.05) is 6.54 Å². The number of aromatic nitrogens is 4. The highest BCUT2D eigenvalue weighted by molar-refractivity contribution is 5.81. The number of hydrogen-bond donors (Lipinski definition) is 2. The van der Waals surface area contributed by atoms with Crippen molar-refractivity contribution in [3.63, 3.8) is 0 Å². The number of benzene rings is 2. The molecule has 0 radical (unpaired) electrons. The predicted molar refractivity (Wildman–Crippen MR) is 133 cm³/mol. The highest BCUT2D eigenvalue weighted by atomic mass is 16.4. The Morgan fingerprint density at radius 2 is 1.74 bits per heavy atom. The lowest BCUT2D eigenvalue weighted by atomic mass is 9.71. The number of tetrazole rings is 1. The van der Waals surface area contributed by atoms with E-state index in [1.54, 1.807) is 0 Å². The van der Waals surface area contributed by atoms with Gasteiger partial charge < -0.3 is 10.0 Å². The molecule has 1 aliphatic rings. The first-order valence-electron chi connectivity index (χ1n) is 12.5. The molecule has 0 unspecified atom stereocenters. The molecule has 0 saturated heterocycles. The van der Waals surface area contributed by atoms with Crippen LogP contribution in [0.5, 0.6) is 0 Å². The zero-order chi connectivity index (χ0) is 24.7. The van der Waals surface area contributed by atoms with Crippen molar-refractivity contribution in [2.45, 2.75) is 64.8 Å². The SMILES string of the molecule is CCCN(Cc1ccc(-c2ccccc2-c2nn[nH]n2)cc1)C(=O)CCC1(C(=O)O)CCCCC1. The first-order valence-corrected chi connectivity index (χ1v) is 12.5. The van der Waals surface area contributed by atoms with E-state index < -0.39 is 11.4 Å². The molecule has 0 aliphatic heterocycles. The van der Waals surface area contributed by atoms with Gasteiger partial charge in [-0.25, -0.2) is 0 Å². The van der Waals surface area contributed by atoms with E-state index in [-0.39, 0.29) is 12.3 Å². The number of rotatable bonds is 10. The topological polar surface area (TPSA) is 112 Å². The average molecular weight is 476 g/mol. The zero-order valence-corrected chi connectivity index (χ0v) is 20.2. The van der Waals surface area contributed by atoms with Crippen molar-refractivity contribution in [2.24, 2.45) is 5.41 Å². The number of nitrogens with zero attached hydrogens (tertiary/aromatic N) is 4. The van der Waals surface area contributed by atoms with E-state index >= 15 is 0 Å². The summed E-state index contributed by atoms with van der Waals surface area (Å²) in [6, 6.07) is 16.1. The Bertz CT molecular complexity index is 1120. The maximum Gasteiger partial charge on any atom is 0.309 e. The van der Waals surface area contributed by atoms with Crippen LogP contribution < -0.4 is 0 Å². The lowest BCUT2D eigenvalue weighted by Gasteiger charge is -2.33. The van der Waals surface area contributed by atoms with Gasteiger partial charge in [0.05, 0.1) is 5.41 Å². The van der Waals surface area contributed by atoms with E-state index in [0.717, 1.165) is 47.9 Å². The van der Waals surface area contributed by atoms with E-state index in [0.29, 0.717) is 38.2 Å². The molecule has 0 bridgehead atoms. The highest BCUT2D eigenvalue weighted by Crippen LogP contribution is 2.40. The van der Waals surface area contributed by atoms with Gasteiger partial charge in [0.1, 0.15) is 0 Å². The maximum atomic E-state index is 13.1. The predicted octanol–water partition coefficient (Wildman–Crippen LogP) is 5.09. The Morgan fingerprint density at radius 1 is 1.03 bits per heavy atom. The summed E-state index contributed by atoms with van der Waals surface area (Å²) in [5.41, 5.74) is 3.24. The highest BCUT2D eigenvalue weighted by Gasteiger charge is 2.39. The zero-order valence-electron chi connectivity index (χ0n) is 20.2. The van der Waals surface area contributed by atoms with Gasteiger partial charge in [0.2, 0.25) is 11.7 Å². The third-order valence-electron chi connectivity index (χ3n) is 7.08. The number of hydrogen-bond acceptors (Lipinski definition) is 5. The molecule has 1 heterocycles. The number of aliphatic carboxylic acids is 1. The lowest BCUT2D eigenvalue weighted by molar-refractivity contribution is -0.152. The molecule has 1 aromatic heterocycles. The number of amides is 1. The van der Waals surface area contributed by atoms with Crippen LogP contribution in [0.2, 0.25) is 0 Å². The van der Waals surface area contributed by atoms with Gasteiger partial charge in [-0.15, -0.1) is 10.2 Å². The van der Waals surface area contributed by atoms with Crippen LogP contribution in [0.1, 0.15) is 63.9 Å². The second kappa shape index (κ2) is 11.3. The summed E-state index contributed by atoms with van der Waals surface area (Å²) < 4.78 is 0. The van der Waals surface area contributed by atoms with Crippen LogP contribution in [-0.2, 0) is 16.1 Å². The molecule has 2 N–H and O–H groups in total. The molecule has 2 aromatic carbocycles. The van der Waals surface area contributed by atoms with Crippen LogP contribution in [0.15, 0.2) is 48.5 Å². The lowest BCUT2D eigenvalue weighted by Crippen LogP contribution is -2.36. The fraction of sp³-hybridized carbons (Fsp3) is 0.444. The summed E-state index contributed by atoms with van der Waals surface area (Å²) in [6.07, 6.45) is 5.86. The van der Waals surface area contributed by atoms with Crippen molar-refractivity contribution in [1.29, 1.82) is 0 Å². The number of aromatic amines is 1. The largest absolute Gasteiger partial charge is 0.481 e. The molecule has 1 amide bonds. The van der Waals surface area contributed by atoms with Gasteiger partial charge in [-0.3, -0.25) is 9.59 Å². The van der Waals surface area contributed by atoms with Gasteiger partial charge >= 0.3 is 5.97 Å². The fourth-order valence-corrected chi connectivity index (χ4v) is 5.08.